The molecule has 0 spiro atoms. The Kier molecular flexibility index (Phi) is 2.93. The van der Waals surface area contributed by atoms with Crippen LogP contribution in [0.3, 0.4) is 0 Å². The number of hydrogen-bond donors (Lipinski definition) is 0. The third-order valence-electron chi connectivity index (χ3n) is 2.07. The molecule has 2 aromatic rings. The Labute approximate surface area is 101 Å². The van der Waals surface area contributed by atoms with Crippen molar-refractivity contribution in [3.63, 3.8) is 0 Å². The second kappa shape index (κ2) is 4.39. The molecule has 0 amide bonds. The van der Waals surface area contributed by atoms with E-state index in [0.29, 0.717) is 10.7 Å². The van der Waals surface area contributed by atoms with E-state index in [-0.39, 0.29) is 0 Å². The maximum absolute atomic E-state index is 11.2. The molecule has 0 radical (unpaired) electrons. The molecule has 1 aromatic carbocycles. The van der Waals surface area contributed by atoms with Crippen molar-refractivity contribution in [1.82, 2.24) is 9.78 Å². The van der Waals surface area contributed by atoms with Crippen molar-refractivity contribution in [2.75, 3.05) is 0 Å². The van der Waals surface area contributed by atoms with Crippen LogP contribution in [0.15, 0.2) is 41.3 Å². The van der Waals surface area contributed by atoms with E-state index in [0.717, 1.165) is 6.07 Å². The monoisotopic (exact) mass is 249 g/mol. The molecule has 5 nitrogen and oxygen atoms in total. The van der Waals surface area contributed by atoms with Crippen molar-refractivity contribution in [2.45, 2.75) is 0 Å². The first-order valence-electron chi connectivity index (χ1n) is 4.65. The first kappa shape index (κ1) is 11.3. The van der Waals surface area contributed by atoms with E-state index in [9.17, 15) is 14.7 Å². The number of carbonyl (C=O) groups is 1. The van der Waals surface area contributed by atoms with Gasteiger partial charge in [-0.05, 0) is 18.2 Å². The van der Waals surface area contributed by atoms with Crippen LogP contribution in [-0.4, -0.2) is 15.7 Å². The minimum atomic E-state index is -1.61. The molecular formula is C11H6ClN2O3-. The van der Waals surface area contributed by atoms with Crippen LogP contribution in [0.4, 0.5) is 0 Å². The van der Waals surface area contributed by atoms with Crippen molar-refractivity contribution >= 4 is 17.6 Å². The second-order valence-corrected chi connectivity index (χ2v) is 3.68. The van der Waals surface area contributed by atoms with E-state index in [1.165, 1.54) is 10.9 Å². The minimum Gasteiger partial charge on any atom is -0.543 e. The highest BCUT2D eigenvalue weighted by Crippen LogP contribution is 2.13. The van der Waals surface area contributed by atoms with Gasteiger partial charge in [-0.2, -0.15) is 5.10 Å². The van der Waals surface area contributed by atoms with E-state index in [2.05, 4.69) is 5.10 Å². The van der Waals surface area contributed by atoms with Crippen molar-refractivity contribution in [3.8, 4) is 5.69 Å². The van der Waals surface area contributed by atoms with Gasteiger partial charge in [0.2, 0.25) is 5.43 Å². The predicted octanol–water partition coefficient (Wildman–Crippen LogP) is 0.249. The molecule has 0 saturated carbocycles. The predicted molar refractivity (Wildman–Crippen MR) is 59.2 cm³/mol. The number of hydrogen-bond acceptors (Lipinski definition) is 4. The zero-order valence-corrected chi connectivity index (χ0v) is 9.22. The lowest BCUT2D eigenvalue weighted by Gasteiger charge is -2.07. The molecule has 0 bridgehead atoms. The fourth-order valence-corrected chi connectivity index (χ4v) is 1.50. The first-order valence-corrected chi connectivity index (χ1v) is 5.03. The molecule has 0 unspecified atom stereocenters. The molecule has 17 heavy (non-hydrogen) atoms. The van der Waals surface area contributed by atoms with E-state index < -0.39 is 17.1 Å². The third-order valence-corrected chi connectivity index (χ3v) is 2.31. The Balaban J connectivity index is 2.58. The van der Waals surface area contributed by atoms with Gasteiger partial charge < -0.3 is 9.90 Å². The van der Waals surface area contributed by atoms with Crippen LogP contribution in [-0.2, 0) is 0 Å². The number of carbonyl (C=O) groups excluding carboxylic acids is 1. The summed E-state index contributed by atoms with van der Waals surface area (Å²) in [6.07, 6.45) is 1.36. The average molecular weight is 250 g/mol. The molecule has 6 heteroatoms. The first-order chi connectivity index (χ1) is 8.08. The van der Waals surface area contributed by atoms with E-state index >= 15 is 0 Å². The normalized spacial score (nSPS) is 10.2. The number of rotatable bonds is 2. The summed E-state index contributed by atoms with van der Waals surface area (Å²) in [6, 6.07) is 7.75. The molecule has 0 aliphatic heterocycles. The lowest BCUT2D eigenvalue weighted by atomic mass is 10.3. The lowest BCUT2D eigenvalue weighted by molar-refractivity contribution is -0.255. The summed E-state index contributed by atoms with van der Waals surface area (Å²) >= 11 is 5.80. The number of halogens is 1. The zero-order valence-electron chi connectivity index (χ0n) is 8.46. The number of nitrogens with zero attached hydrogens (tertiary/aromatic N) is 2. The van der Waals surface area contributed by atoms with Gasteiger partial charge in [0.05, 0.1) is 11.7 Å². The topological polar surface area (TPSA) is 75.0 Å². The number of benzene rings is 1. The summed E-state index contributed by atoms with van der Waals surface area (Å²) in [7, 11) is 0. The van der Waals surface area contributed by atoms with Crippen LogP contribution in [0.1, 0.15) is 10.5 Å². The fraction of sp³-hybridized carbons (Fsp3) is 0. The molecular weight excluding hydrogens is 244 g/mol. The summed E-state index contributed by atoms with van der Waals surface area (Å²) in [5.74, 6) is -1.61. The van der Waals surface area contributed by atoms with E-state index in [4.69, 9.17) is 11.6 Å². The van der Waals surface area contributed by atoms with Crippen molar-refractivity contribution < 1.29 is 9.90 Å². The number of aromatic carboxylic acids is 1. The largest absolute Gasteiger partial charge is 0.543 e. The highest BCUT2D eigenvalue weighted by molar-refractivity contribution is 6.30. The minimum absolute atomic E-state index is 0.484. The molecule has 0 atom stereocenters. The smallest absolute Gasteiger partial charge is 0.209 e. The third kappa shape index (κ3) is 2.34. The Bertz CT molecular complexity index is 637. The van der Waals surface area contributed by atoms with Crippen molar-refractivity contribution in [3.05, 3.63) is 57.5 Å². The van der Waals surface area contributed by atoms with E-state index in [1.807, 2.05) is 0 Å². The average Bonchev–Trinajstić information content (AvgIpc) is 2.29. The molecule has 2 rings (SSSR count). The van der Waals surface area contributed by atoms with Crippen LogP contribution in [0.5, 0.6) is 0 Å². The van der Waals surface area contributed by atoms with Crippen molar-refractivity contribution in [1.29, 1.82) is 0 Å². The van der Waals surface area contributed by atoms with Gasteiger partial charge in [-0.3, -0.25) is 4.79 Å². The highest BCUT2D eigenvalue weighted by Gasteiger charge is 2.04. The van der Waals surface area contributed by atoms with Crippen LogP contribution in [0, 0.1) is 0 Å². The lowest BCUT2D eigenvalue weighted by Crippen LogP contribution is -2.31. The maximum atomic E-state index is 11.2. The summed E-state index contributed by atoms with van der Waals surface area (Å²) in [4.78, 5) is 21.8. The standard InChI is InChI=1S/C11H7ClN2O3/c12-7-2-1-3-8(6-7)14-5-4-9(15)10(13-14)11(16)17/h1-6H,(H,16,17)/p-1. The van der Waals surface area contributed by atoms with Gasteiger partial charge in [0.25, 0.3) is 0 Å². The Hall–Kier alpha value is -2.14. The van der Waals surface area contributed by atoms with Gasteiger partial charge in [-0.15, -0.1) is 0 Å². The molecule has 0 aliphatic carbocycles. The molecule has 0 N–H and O–H groups in total. The van der Waals surface area contributed by atoms with Crippen LogP contribution < -0.4 is 10.5 Å². The van der Waals surface area contributed by atoms with Crippen molar-refractivity contribution in [2.24, 2.45) is 0 Å². The quantitative estimate of drug-likeness (QED) is 0.765. The summed E-state index contributed by atoms with van der Waals surface area (Å²) in [5.41, 5.74) is -0.768. The zero-order chi connectivity index (χ0) is 12.4. The van der Waals surface area contributed by atoms with Crippen LogP contribution >= 0.6 is 11.6 Å². The summed E-state index contributed by atoms with van der Waals surface area (Å²) in [5, 5.41) is 14.8. The van der Waals surface area contributed by atoms with Gasteiger partial charge in [0.1, 0.15) is 0 Å². The second-order valence-electron chi connectivity index (χ2n) is 3.24. The summed E-state index contributed by atoms with van der Waals surface area (Å²) < 4.78 is 1.25. The van der Waals surface area contributed by atoms with Gasteiger partial charge in [-0.25, -0.2) is 4.68 Å². The Morgan fingerprint density at radius 3 is 2.76 bits per heavy atom. The van der Waals surface area contributed by atoms with Gasteiger partial charge in [0.15, 0.2) is 5.69 Å². The number of carboxylic acid groups (broad SMARTS) is 1. The van der Waals surface area contributed by atoms with Crippen LogP contribution in [0.2, 0.25) is 5.02 Å². The molecule has 0 fully saturated rings. The maximum Gasteiger partial charge on any atom is 0.209 e. The molecule has 1 aromatic heterocycles. The number of aromatic nitrogens is 2. The van der Waals surface area contributed by atoms with Crippen LogP contribution in [0.25, 0.3) is 5.69 Å². The summed E-state index contributed by atoms with van der Waals surface area (Å²) in [6.45, 7) is 0. The highest BCUT2D eigenvalue weighted by atomic mass is 35.5. The molecule has 1 heterocycles. The Morgan fingerprint density at radius 1 is 1.35 bits per heavy atom. The Morgan fingerprint density at radius 2 is 2.12 bits per heavy atom. The van der Waals surface area contributed by atoms with Gasteiger partial charge >= 0.3 is 0 Å². The molecule has 0 saturated heterocycles. The number of carboxylic acids is 1. The van der Waals surface area contributed by atoms with Gasteiger partial charge in [-0.1, -0.05) is 17.7 Å². The SMILES string of the molecule is O=C([O-])c1nn(-c2cccc(Cl)c2)ccc1=O. The molecule has 86 valence electrons. The molecule has 0 aliphatic rings. The fourth-order valence-electron chi connectivity index (χ4n) is 1.31. The van der Waals surface area contributed by atoms with Gasteiger partial charge in [0, 0.05) is 17.3 Å². The van der Waals surface area contributed by atoms with E-state index in [1.54, 1.807) is 24.3 Å².